The fraction of sp³-hybridized carbons (Fsp3) is 0.263. The Labute approximate surface area is 303 Å². The molecule has 52 heavy (non-hydrogen) atoms. The number of hydrogen-bond donors (Lipinski definition) is 3. The lowest BCUT2D eigenvalue weighted by molar-refractivity contribution is -0.127. The average molecular weight is 727 g/mol. The Morgan fingerprint density at radius 1 is 0.865 bits per heavy atom. The molecule has 1 heterocycles. The van der Waals surface area contributed by atoms with Gasteiger partial charge < -0.3 is 30.3 Å². The number of amides is 3. The highest BCUT2D eigenvalue weighted by molar-refractivity contribution is 7.91. The van der Waals surface area contributed by atoms with Gasteiger partial charge in [-0.25, -0.2) is 8.42 Å². The van der Waals surface area contributed by atoms with Crippen molar-refractivity contribution in [1.29, 1.82) is 0 Å². The smallest absolute Gasteiger partial charge is 0.302 e. The summed E-state index contributed by atoms with van der Waals surface area (Å²) in [4.78, 5) is 42.9. The summed E-state index contributed by atoms with van der Waals surface area (Å²) in [6.07, 6.45) is 0.249. The fourth-order valence-electron chi connectivity index (χ4n) is 5.65. The number of methoxy groups -OCH3 is 1. The fourth-order valence-corrected chi connectivity index (χ4v) is 6.93. The molecule has 0 fully saturated rings. The van der Waals surface area contributed by atoms with Crippen molar-refractivity contribution in [3.63, 3.8) is 0 Å². The van der Waals surface area contributed by atoms with Crippen LogP contribution in [0.1, 0.15) is 37.6 Å². The van der Waals surface area contributed by atoms with Crippen LogP contribution in [-0.2, 0) is 19.4 Å². The first-order valence-electron chi connectivity index (χ1n) is 16.8. The van der Waals surface area contributed by atoms with Crippen LogP contribution in [0.3, 0.4) is 0 Å². The molecule has 0 saturated carbocycles. The van der Waals surface area contributed by atoms with Crippen LogP contribution in [0.4, 0.5) is 17.1 Å². The SMILES string of the molecule is CCN(CC)c1ccc(NC2(NC(C)=O)C(=O)N(c3ccccc3)N=C2NC(=O)c2ccc(OCCCS(=O)(=O)c3ccc(OC)cc3)cc2)cc1. The summed E-state index contributed by atoms with van der Waals surface area (Å²) in [5.41, 5.74) is 0.198. The van der Waals surface area contributed by atoms with Crippen molar-refractivity contribution in [3.8, 4) is 11.5 Å². The van der Waals surface area contributed by atoms with Crippen LogP contribution in [0.5, 0.6) is 11.5 Å². The van der Waals surface area contributed by atoms with Crippen molar-refractivity contribution < 1.29 is 32.3 Å². The van der Waals surface area contributed by atoms with Crippen molar-refractivity contribution in [3.05, 3.63) is 109 Å². The number of nitrogens with zero attached hydrogens (tertiary/aromatic N) is 3. The Kier molecular flexibility index (Phi) is 11.8. The van der Waals surface area contributed by atoms with Crippen LogP contribution in [0.25, 0.3) is 0 Å². The molecule has 1 atom stereocenters. The number of carbonyl (C=O) groups excluding carboxylic acids is 3. The third kappa shape index (κ3) is 8.52. The van der Waals surface area contributed by atoms with Crippen LogP contribution in [0.15, 0.2) is 113 Å². The normalized spacial score (nSPS) is 15.4. The molecule has 0 aliphatic carbocycles. The van der Waals surface area contributed by atoms with E-state index in [1.54, 1.807) is 66.7 Å². The maximum atomic E-state index is 14.2. The number of hydrogen-bond acceptors (Lipinski definition) is 10. The van der Waals surface area contributed by atoms with Gasteiger partial charge in [-0.15, -0.1) is 5.10 Å². The number of ether oxygens (including phenoxy) is 2. The van der Waals surface area contributed by atoms with Gasteiger partial charge in [-0.3, -0.25) is 14.4 Å². The molecule has 0 spiro atoms. The second-order valence-electron chi connectivity index (χ2n) is 11.9. The highest BCUT2D eigenvalue weighted by Gasteiger charge is 2.54. The third-order valence-electron chi connectivity index (χ3n) is 8.35. The number of nitrogens with one attached hydrogen (secondary N) is 3. The van der Waals surface area contributed by atoms with Gasteiger partial charge in [0.1, 0.15) is 11.5 Å². The van der Waals surface area contributed by atoms with Gasteiger partial charge in [0.25, 0.3) is 11.6 Å². The molecular weight excluding hydrogens is 685 g/mol. The summed E-state index contributed by atoms with van der Waals surface area (Å²) in [5.74, 6) is -0.987. The molecule has 1 unspecified atom stereocenters. The number of amidine groups is 1. The summed E-state index contributed by atoms with van der Waals surface area (Å²) in [6.45, 7) is 7.16. The lowest BCUT2D eigenvalue weighted by Crippen LogP contribution is -2.67. The van der Waals surface area contributed by atoms with E-state index in [2.05, 4.69) is 39.8 Å². The number of hydrazone groups is 1. The van der Waals surface area contributed by atoms with Crippen molar-refractivity contribution in [2.24, 2.45) is 5.10 Å². The molecule has 14 heteroatoms. The predicted molar refractivity (Wildman–Crippen MR) is 201 cm³/mol. The first kappa shape index (κ1) is 37.4. The molecule has 1 aliphatic heterocycles. The van der Waals surface area contributed by atoms with Gasteiger partial charge in [0.05, 0.1) is 30.1 Å². The van der Waals surface area contributed by atoms with E-state index in [1.165, 1.54) is 38.3 Å². The molecule has 5 rings (SSSR count). The highest BCUT2D eigenvalue weighted by Crippen LogP contribution is 2.29. The van der Waals surface area contributed by atoms with Crippen LogP contribution in [0, 0.1) is 0 Å². The summed E-state index contributed by atoms with van der Waals surface area (Å²) in [5, 5.41) is 14.3. The van der Waals surface area contributed by atoms with E-state index in [0.717, 1.165) is 23.8 Å². The first-order chi connectivity index (χ1) is 25.0. The lowest BCUT2D eigenvalue weighted by Gasteiger charge is -2.31. The summed E-state index contributed by atoms with van der Waals surface area (Å²) >= 11 is 0. The summed E-state index contributed by atoms with van der Waals surface area (Å²) in [7, 11) is -1.99. The van der Waals surface area contributed by atoms with Gasteiger partial charge in [0.2, 0.25) is 5.91 Å². The molecule has 4 aromatic carbocycles. The number of carbonyl (C=O) groups is 3. The van der Waals surface area contributed by atoms with Crippen molar-refractivity contribution >= 4 is 50.5 Å². The van der Waals surface area contributed by atoms with E-state index in [1.807, 2.05) is 12.1 Å². The Morgan fingerprint density at radius 2 is 1.50 bits per heavy atom. The van der Waals surface area contributed by atoms with Gasteiger partial charge >= 0.3 is 5.91 Å². The third-order valence-corrected chi connectivity index (χ3v) is 10.2. The molecule has 0 saturated heterocycles. The highest BCUT2D eigenvalue weighted by atomic mass is 32.2. The molecule has 0 bridgehead atoms. The summed E-state index contributed by atoms with van der Waals surface area (Å²) < 4.78 is 36.2. The minimum absolute atomic E-state index is 0.106. The molecule has 3 amide bonds. The number of para-hydroxylation sites is 1. The molecule has 13 nitrogen and oxygen atoms in total. The zero-order chi connectivity index (χ0) is 37.3. The van der Waals surface area contributed by atoms with E-state index < -0.39 is 33.2 Å². The Morgan fingerprint density at radius 3 is 2.10 bits per heavy atom. The summed E-state index contributed by atoms with van der Waals surface area (Å²) in [6, 6.07) is 28.5. The molecule has 1 aliphatic rings. The minimum atomic E-state index is -3.50. The number of benzene rings is 4. The lowest BCUT2D eigenvalue weighted by atomic mass is 10.1. The number of sulfone groups is 1. The standard InChI is InChI=1S/C38H42N6O7S/c1-5-43(6-2)30-17-15-29(16-18-30)41-38(40-27(3)45)36(42-44(37(38)47)31-11-8-7-9-12-31)39-35(46)28-13-19-33(20-14-28)51-25-10-26-52(48,49)34-23-21-32(50-4)22-24-34/h7-9,11-24,41H,5-6,10,25-26H2,1-4H3,(H,40,45)(H,39,42,46). The second-order valence-corrected chi connectivity index (χ2v) is 14.0. The van der Waals surface area contributed by atoms with E-state index in [0.29, 0.717) is 22.9 Å². The zero-order valence-electron chi connectivity index (χ0n) is 29.5. The van der Waals surface area contributed by atoms with Gasteiger partial charge in [-0.1, -0.05) is 18.2 Å². The van der Waals surface area contributed by atoms with Crippen LogP contribution >= 0.6 is 0 Å². The zero-order valence-corrected chi connectivity index (χ0v) is 30.3. The largest absolute Gasteiger partial charge is 0.497 e. The monoisotopic (exact) mass is 726 g/mol. The maximum absolute atomic E-state index is 14.2. The Balaban J connectivity index is 1.32. The van der Waals surface area contributed by atoms with Crippen LogP contribution in [-0.4, -0.2) is 70.2 Å². The predicted octanol–water partition coefficient (Wildman–Crippen LogP) is 4.82. The molecule has 272 valence electrons. The molecular formula is C38H42N6O7S. The van der Waals surface area contributed by atoms with Crippen molar-refractivity contribution in [2.45, 2.75) is 37.8 Å². The van der Waals surface area contributed by atoms with Gasteiger partial charge in [-0.2, -0.15) is 5.01 Å². The first-order valence-corrected chi connectivity index (χ1v) is 18.5. The Hall–Kier alpha value is -5.89. The van der Waals surface area contributed by atoms with Gasteiger partial charge in [-0.05, 0) is 105 Å². The molecule has 4 aromatic rings. The van der Waals surface area contributed by atoms with Crippen LogP contribution < -0.4 is 35.3 Å². The van der Waals surface area contributed by atoms with Gasteiger partial charge in [0.15, 0.2) is 15.7 Å². The maximum Gasteiger partial charge on any atom is 0.302 e. The minimum Gasteiger partial charge on any atom is -0.497 e. The molecule has 0 radical (unpaired) electrons. The van der Waals surface area contributed by atoms with E-state index in [-0.39, 0.29) is 35.1 Å². The molecule has 3 N–H and O–H groups in total. The average Bonchev–Trinajstić information content (AvgIpc) is 3.40. The number of rotatable bonds is 15. The number of anilines is 3. The van der Waals surface area contributed by atoms with Crippen LogP contribution in [0.2, 0.25) is 0 Å². The van der Waals surface area contributed by atoms with Gasteiger partial charge in [0, 0.05) is 37.0 Å². The topological polar surface area (TPSA) is 159 Å². The van der Waals surface area contributed by atoms with E-state index >= 15 is 0 Å². The van der Waals surface area contributed by atoms with E-state index in [9.17, 15) is 22.8 Å². The van der Waals surface area contributed by atoms with Crippen molar-refractivity contribution in [2.75, 3.05) is 47.8 Å². The second kappa shape index (κ2) is 16.4. The molecule has 0 aromatic heterocycles. The van der Waals surface area contributed by atoms with E-state index in [4.69, 9.17) is 9.47 Å². The Bertz CT molecular complexity index is 2000. The van der Waals surface area contributed by atoms with Crippen molar-refractivity contribution in [1.82, 2.24) is 10.6 Å². The quantitative estimate of drug-likeness (QED) is 0.115.